The number of carbonyl (C=O) groups excluding carboxylic acids is 1. The fourth-order valence-electron chi connectivity index (χ4n) is 2.74. The molecule has 4 rings (SSSR count). The maximum atomic E-state index is 12.6. The zero-order valence-electron chi connectivity index (χ0n) is 14.4. The van der Waals surface area contributed by atoms with Gasteiger partial charge in [-0.3, -0.25) is 4.79 Å². The van der Waals surface area contributed by atoms with Crippen LogP contribution in [0.2, 0.25) is 0 Å². The van der Waals surface area contributed by atoms with Crippen LogP contribution in [0.4, 0.5) is 0 Å². The molecule has 0 atom stereocenters. The summed E-state index contributed by atoms with van der Waals surface area (Å²) in [6.07, 6.45) is 0. The first kappa shape index (κ1) is 16.5. The zero-order valence-corrected chi connectivity index (χ0v) is 15.3. The van der Waals surface area contributed by atoms with E-state index >= 15 is 0 Å². The van der Waals surface area contributed by atoms with Gasteiger partial charge in [-0.15, -0.1) is 0 Å². The van der Waals surface area contributed by atoms with Gasteiger partial charge in [-0.05, 0) is 18.2 Å². The topological polar surface area (TPSA) is 71.3 Å². The lowest BCUT2D eigenvalue weighted by atomic mass is 10.2. The third kappa shape index (κ3) is 2.68. The van der Waals surface area contributed by atoms with Crippen molar-refractivity contribution in [3.05, 3.63) is 40.7 Å². The SMILES string of the molecule is COc1cc2sc(=NC(=O)c3ccc4c(c3)OCO4)n(C)c2cc1OC. The second-order valence-corrected chi connectivity index (χ2v) is 6.61. The Labute approximate surface area is 153 Å². The molecule has 26 heavy (non-hydrogen) atoms. The Morgan fingerprint density at radius 1 is 1.12 bits per heavy atom. The lowest BCUT2D eigenvalue weighted by molar-refractivity contribution is 0.0997. The van der Waals surface area contributed by atoms with Crippen molar-refractivity contribution in [1.82, 2.24) is 4.57 Å². The number of benzene rings is 2. The molecule has 0 aliphatic carbocycles. The van der Waals surface area contributed by atoms with E-state index in [2.05, 4.69) is 4.99 Å². The van der Waals surface area contributed by atoms with Crippen molar-refractivity contribution >= 4 is 27.5 Å². The molecular formula is C18H16N2O5S. The normalized spacial score (nSPS) is 13.3. The third-order valence-corrected chi connectivity index (χ3v) is 5.23. The summed E-state index contributed by atoms with van der Waals surface area (Å²) in [5.74, 6) is 2.11. The van der Waals surface area contributed by atoms with Gasteiger partial charge in [0.2, 0.25) is 6.79 Å². The van der Waals surface area contributed by atoms with Gasteiger partial charge >= 0.3 is 0 Å². The van der Waals surface area contributed by atoms with E-state index in [1.165, 1.54) is 11.3 Å². The number of aryl methyl sites for hydroxylation is 1. The highest BCUT2D eigenvalue weighted by Crippen LogP contribution is 2.34. The van der Waals surface area contributed by atoms with Crippen molar-refractivity contribution in [3.63, 3.8) is 0 Å². The van der Waals surface area contributed by atoms with E-state index in [0.717, 1.165) is 10.2 Å². The largest absolute Gasteiger partial charge is 0.493 e. The highest BCUT2D eigenvalue weighted by molar-refractivity contribution is 7.16. The summed E-state index contributed by atoms with van der Waals surface area (Å²) in [5, 5.41) is 0. The molecule has 8 heteroatoms. The van der Waals surface area contributed by atoms with E-state index in [1.54, 1.807) is 32.4 Å². The molecular weight excluding hydrogens is 356 g/mol. The van der Waals surface area contributed by atoms with Crippen molar-refractivity contribution in [3.8, 4) is 23.0 Å². The number of hydrogen-bond acceptors (Lipinski definition) is 6. The van der Waals surface area contributed by atoms with E-state index in [9.17, 15) is 4.79 Å². The number of fused-ring (bicyclic) bond motifs is 2. The van der Waals surface area contributed by atoms with Gasteiger partial charge in [0.25, 0.3) is 5.91 Å². The molecule has 0 unspecified atom stereocenters. The average molecular weight is 372 g/mol. The van der Waals surface area contributed by atoms with Gasteiger partial charge in [-0.1, -0.05) is 11.3 Å². The Kier molecular flexibility index (Phi) is 4.04. The van der Waals surface area contributed by atoms with Gasteiger partial charge in [0.1, 0.15) is 0 Å². The first-order chi connectivity index (χ1) is 12.6. The van der Waals surface area contributed by atoms with Gasteiger partial charge in [0, 0.05) is 24.7 Å². The van der Waals surface area contributed by atoms with Crippen molar-refractivity contribution in [2.45, 2.75) is 0 Å². The molecule has 0 saturated carbocycles. The van der Waals surface area contributed by atoms with Crippen LogP contribution in [0, 0.1) is 0 Å². The minimum atomic E-state index is -0.343. The average Bonchev–Trinajstić information content (AvgIpc) is 3.24. The number of hydrogen-bond donors (Lipinski definition) is 0. The lowest BCUT2D eigenvalue weighted by Crippen LogP contribution is -2.13. The number of carbonyl (C=O) groups is 1. The molecule has 7 nitrogen and oxygen atoms in total. The molecule has 1 aliphatic rings. The summed E-state index contributed by atoms with van der Waals surface area (Å²) in [7, 11) is 5.03. The van der Waals surface area contributed by atoms with Crippen molar-refractivity contribution in [2.75, 3.05) is 21.0 Å². The third-order valence-electron chi connectivity index (χ3n) is 4.13. The van der Waals surface area contributed by atoms with Gasteiger partial charge in [-0.25, -0.2) is 0 Å². The predicted octanol–water partition coefficient (Wildman–Crippen LogP) is 2.73. The van der Waals surface area contributed by atoms with Crippen LogP contribution in [-0.4, -0.2) is 31.5 Å². The molecule has 1 aliphatic heterocycles. The smallest absolute Gasteiger partial charge is 0.279 e. The fraction of sp³-hybridized carbons (Fsp3) is 0.222. The van der Waals surface area contributed by atoms with Crippen LogP contribution in [-0.2, 0) is 7.05 Å². The van der Waals surface area contributed by atoms with Crippen LogP contribution in [0.3, 0.4) is 0 Å². The molecule has 0 N–H and O–H groups in total. The minimum absolute atomic E-state index is 0.166. The van der Waals surface area contributed by atoms with Crippen molar-refractivity contribution < 1.29 is 23.7 Å². The van der Waals surface area contributed by atoms with Crippen LogP contribution < -0.4 is 23.7 Å². The van der Waals surface area contributed by atoms with Crippen LogP contribution in [0.25, 0.3) is 10.2 Å². The molecule has 0 spiro atoms. The predicted molar refractivity (Wildman–Crippen MR) is 96.4 cm³/mol. The number of aromatic nitrogens is 1. The second-order valence-electron chi connectivity index (χ2n) is 5.60. The summed E-state index contributed by atoms with van der Waals surface area (Å²) < 4.78 is 24.1. The Morgan fingerprint density at radius 3 is 2.62 bits per heavy atom. The zero-order chi connectivity index (χ0) is 18.3. The summed E-state index contributed by atoms with van der Waals surface area (Å²) in [6.45, 7) is 0.166. The number of rotatable bonds is 3. The van der Waals surface area contributed by atoms with Gasteiger partial charge in [-0.2, -0.15) is 4.99 Å². The van der Waals surface area contributed by atoms with E-state index < -0.39 is 0 Å². The Morgan fingerprint density at radius 2 is 1.85 bits per heavy atom. The molecule has 1 amide bonds. The monoisotopic (exact) mass is 372 g/mol. The molecule has 134 valence electrons. The highest BCUT2D eigenvalue weighted by atomic mass is 32.1. The quantitative estimate of drug-likeness (QED) is 0.707. The molecule has 1 aromatic heterocycles. The number of thiazole rings is 1. The number of methoxy groups -OCH3 is 2. The van der Waals surface area contributed by atoms with Crippen LogP contribution in [0.15, 0.2) is 35.3 Å². The van der Waals surface area contributed by atoms with E-state index in [1.807, 2.05) is 23.7 Å². The molecule has 2 heterocycles. The molecule has 2 aromatic carbocycles. The first-order valence-corrected chi connectivity index (χ1v) is 8.62. The number of ether oxygens (including phenoxy) is 4. The van der Waals surface area contributed by atoms with Gasteiger partial charge < -0.3 is 23.5 Å². The van der Waals surface area contributed by atoms with E-state index in [0.29, 0.717) is 33.4 Å². The number of nitrogens with zero attached hydrogens (tertiary/aromatic N) is 2. The van der Waals surface area contributed by atoms with Crippen LogP contribution >= 0.6 is 11.3 Å². The minimum Gasteiger partial charge on any atom is -0.493 e. The molecule has 3 aromatic rings. The Hall–Kier alpha value is -3.00. The van der Waals surface area contributed by atoms with E-state index in [4.69, 9.17) is 18.9 Å². The molecule has 0 fully saturated rings. The summed E-state index contributed by atoms with van der Waals surface area (Å²) in [4.78, 5) is 17.4. The highest BCUT2D eigenvalue weighted by Gasteiger charge is 2.16. The molecule has 0 radical (unpaired) electrons. The lowest BCUT2D eigenvalue weighted by Gasteiger charge is -2.07. The second kappa shape index (κ2) is 6.38. The summed E-state index contributed by atoms with van der Waals surface area (Å²) >= 11 is 1.41. The fourth-order valence-corrected chi connectivity index (χ4v) is 3.77. The number of amides is 1. The maximum absolute atomic E-state index is 12.6. The molecule has 0 bridgehead atoms. The Balaban J connectivity index is 1.78. The maximum Gasteiger partial charge on any atom is 0.279 e. The van der Waals surface area contributed by atoms with E-state index in [-0.39, 0.29) is 12.7 Å². The van der Waals surface area contributed by atoms with Crippen molar-refractivity contribution in [2.24, 2.45) is 12.0 Å². The van der Waals surface area contributed by atoms with Gasteiger partial charge in [0.05, 0.1) is 24.4 Å². The summed E-state index contributed by atoms with van der Waals surface area (Å²) in [6, 6.07) is 8.79. The first-order valence-electron chi connectivity index (χ1n) is 7.81. The standard InChI is InChI=1S/C18H16N2O5S/c1-20-11-7-13(22-2)14(23-3)8-16(11)26-18(20)19-17(21)10-4-5-12-15(6-10)25-9-24-12/h4-8H,9H2,1-3H3. The Bertz CT molecular complexity index is 1080. The molecule has 0 saturated heterocycles. The summed E-state index contributed by atoms with van der Waals surface area (Å²) in [5.41, 5.74) is 1.35. The van der Waals surface area contributed by atoms with Crippen LogP contribution in [0.5, 0.6) is 23.0 Å². The van der Waals surface area contributed by atoms with Crippen molar-refractivity contribution in [1.29, 1.82) is 0 Å². The van der Waals surface area contributed by atoms with Gasteiger partial charge in [0.15, 0.2) is 27.8 Å². The van der Waals surface area contributed by atoms with Crippen LogP contribution in [0.1, 0.15) is 10.4 Å².